The lowest BCUT2D eigenvalue weighted by atomic mass is 10.2. The average molecular weight is 331 g/mol. The van der Waals surface area contributed by atoms with Crippen LogP contribution in [0.2, 0.25) is 0 Å². The molecule has 0 aromatic rings. The van der Waals surface area contributed by atoms with Gasteiger partial charge in [0.1, 0.15) is 6.10 Å². The van der Waals surface area contributed by atoms with Crippen molar-refractivity contribution in [1.29, 1.82) is 0 Å². The van der Waals surface area contributed by atoms with Crippen LogP contribution < -0.4 is 5.73 Å². The summed E-state index contributed by atoms with van der Waals surface area (Å²) in [6.45, 7) is -0.0355. The third-order valence-corrected chi connectivity index (χ3v) is 2.47. The van der Waals surface area contributed by atoms with E-state index in [1.54, 1.807) is 0 Å². The van der Waals surface area contributed by atoms with Crippen LogP contribution in [0.5, 0.6) is 0 Å². The van der Waals surface area contributed by atoms with Gasteiger partial charge in [-0.05, 0) is 13.0 Å². The molecule has 21 heavy (non-hydrogen) atoms. The van der Waals surface area contributed by atoms with E-state index in [-0.39, 0.29) is 6.61 Å². The summed E-state index contributed by atoms with van der Waals surface area (Å²) in [6.07, 6.45) is -2.58. The first-order valence-corrected chi connectivity index (χ1v) is 7.20. The zero-order valence-electron chi connectivity index (χ0n) is 10.8. The lowest BCUT2D eigenvalue weighted by Crippen LogP contribution is -2.32. The fourth-order valence-electron chi connectivity index (χ4n) is 1.12. The Morgan fingerprint density at radius 2 is 1.95 bits per heavy atom. The highest BCUT2D eigenvalue weighted by atomic mass is 31.2. The summed E-state index contributed by atoms with van der Waals surface area (Å²) < 4.78 is 18.9. The van der Waals surface area contributed by atoms with Crippen LogP contribution in [0.4, 0.5) is 0 Å². The third-order valence-electron chi connectivity index (χ3n) is 2.04. The maximum Gasteiger partial charge on any atom is 0.524 e. The highest BCUT2D eigenvalue weighted by Gasteiger charge is 2.43. The first-order chi connectivity index (χ1) is 9.67. The third kappa shape index (κ3) is 6.87. The Kier molecular flexibility index (Phi) is 8.44. The van der Waals surface area contributed by atoms with Gasteiger partial charge >= 0.3 is 13.8 Å². The number of carbonyl (C=O) groups excluding carboxylic acids is 1. The number of hydrogen-bond acceptors (Lipinski definition) is 9. The van der Waals surface area contributed by atoms with Crippen LogP contribution in [0.1, 0.15) is 6.42 Å². The van der Waals surface area contributed by atoms with Crippen molar-refractivity contribution in [3.05, 3.63) is 11.5 Å². The van der Waals surface area contributed by atoms with Gasteiger partial charge in [-0.25, -0.2) is 9.36 Å². The van der Waals surface area contributed by atoms with Gasteiger partial charge in [0.15, 0.2) is 6.10 Å². The van der Waals surface area contributed by atoms with Crippen LogP contribution in [-0.4, -0.2) is 68.1 Å². The van der Waals surface area contributed by atoms with E-state index < -0.39 is 44.1 Å². The summed E-state index contributed by atoms with van der Waals surface area (Å²) in [4.78, 5) is 27.8. The second-order valence-electron chi connectivity index (χ2n) is 3.74. The predicted octanol–water partition coefficient (Wildman–Crippen LogP) is -2.53. The number of phosphoric ester groups is 1. The van der Waals surface area contributed by atoms with Gasteiger partial charge in [0.25, 0.3) is 0 Å². The summed E-state index contributed by atoms with van der Waals surface area (Å²) in [5, 5.41) is 34.8. The summed E-state index contributed by atoms with van der Waals surface area (Å²) in [7, 11) is -5.01. The largest absolute Gasteiger partial charge is 0.524 e. The maximum absolute atomic E-state index is 10.8. The van der Waals surface area contributed by atoms with Crippen molar-refractivity contribution in [2.45, 2.75) is 18.6 Å². The van der Waals surface area contributed by atoms with E-state index in [9.17, 15) is 9.36 Å². The minimum atomic E-state index is -5.01. The molecule has 0 aromatic carbocycles. The van der Waals surface area contributed by atoms with Gasteiger partial charge in [0.05, 0.1) is 6.61 Å². The molecule has 8 N–H and O–H groups in total. The quantitative estimate of drug-likeness (QED) is 0.200. The number of hydrogen-bond donors (Lipinski definition) is 7. The van der Waals surface area contributed by atoms with E-state index in [0.717, 1.165) is 6.42 Å². The van der Waals surface area contributed by atoms with E-state index in [4.69, 9.17) is 35.9 Å². The summed E-state index contributed by atoms with van der Waals surface area (Å²) in [5.41, 5.74) is 4.98. The second-order valence-corrected chi connectivity index (χ2v) is 4.90. The van der Waals surface area contributed by atoms with Gasteiger partial charge < -0.3 is 35.4 Å². The van der Waals surface area contributed by atoms with Crippen LogP contribution in [0, 0.1) is 0 Å². The number of nitrogens with two attached hydrogens (primary N) is 1. The van der Waals surface area contributed by atoms with Gasteiger partial charge in [-0.1, -0.05) is 0 Å². The standard InChI is InChI=1S/C6H9O9P.C3H9NO/c7-1-2(8)4-5(15-16(11,12)13)3(9)6(10)14-4;4-2-1-3-5/h2,4,7-9H,1H2,(H2,11,12,13);5H,1-4H2/t2-,4+;/m0./s1. The Labute approximate surface area is 119 Å². The molecular formula is C9H18NO10P. The normalized spacial score (nSPS) is 19.7. The number of cyclic esters (lactones) is 1. The predicted molar refractivity (Wildman–Crippen MR) is 66.5 cm³/mol. The topological polar surface area (TPSA) is 200 Å². The molecule has 11 nitrogen and oxygen atoms in total. The molecular weight excluding hydrogens is 313 g/mol. The molecule has 1 aliphatic heterocycles. The molecule has 0 aliphatic carbocycles. The minimum absolute atomic E-state index is 0.219. The number of esters is 1. The van der Waals surface area contributed by atoms with E-state index >= 15 is 0 Å². The summed E-state index contributed by atoms with van der Waals surface area (Å²) in [6, 6.07) is 0. The Bertz CT molecular complexity index is 417. The zero-order chi connectivity index (χ0) is 16.6. The highest BCUT2D eigenvalue weighted by Crippen LogP contribution is 2.42. The molecule has 0 saturated heterocycles. The Morgan fingerprint density at radius 1 is 1.38 bits per heavy atom. The number of carbonyl (C=O) groups is 1. The number of aliphatic hydroxyl groups excluding tert-OH is 4. The van der Waals surface area contributed by atoms with Crippen molar-refractivity contribution in [1.82, 2.24) is 0 Å². The van der Waals surface area contributed by atoms with Gasteiger partial charge in [-0.3, -0.25) is 9.79 Å². The van der Waals surface area contributed by atoms with Gasteiger partial charge in [-0.15, -0.1) is 0 Å². The summed E-state index contributed by atoms with van der Waals surface area (Å²) in [5.74, 6) is -3.36. The Balaban J connectivity index is 0.000000690. The monoisotopic (exact) mass is 331 g/mol. The van der Waals surface area contributed by atoms with Crippen molar-refractivity contribution >= 4 is 13.8 Å². The zero-order valence-corrected chi connectivity index (χ0v) is 11.7. The van der Waals surface area contributed by atoms with Gasteiger partial charge in [-0.2, -0.15) is 0 Å². The highest BCUT2D eigenvalue weighted by molar-refractivity contribution is 7.46. The van der Waals surface area contributed by atoms with Gasteiger partial charge in [0.2, 0.25) is 11.5 Å². The van der Waals surface area contributed by atoms with Gasteiger partial charge in [0, 0.05) is 6.61 Å². The molecule has 0 unspecified atom stereocenters. The van der Waals surface area contributed by atoms with Crippen molar-refractivity contribution in [2.75, 3.05) is 19.8 Å². The van der Waals surface area contributed by atoms with E-state index in [1.165, 1.54) is 0 Å². The molecule has 124 valence electrons. The van der Waals surface area contributed by atoms with Crippen molar-refractivity contribution in [2.24, 2.45) is 5.73 Å². The molecule has 0 spiro atoms. The lowest BCUT2D eigenvalue weighted by molar-refractivity contribution is -0.147. The summed E-state index contributed by atoms with van der Waals surface area (Å²) >= 11 is 0. The number of aliphatic hydroxyl groups is 4. The van der Waals surface area contributed by atoms with Crippen molar-refractivity contribution in [3.8, 4) is 0 Å². The number of ether oxygens (including phenoxy) is 1. The fraction of sp³-hybridized carbons (Fsp3) is 0.667. The number of phosphoric acid groups is 1. The van der Waals surface area contributed by atoms with Crippen LogP contribution in [0.3, 0.4) is 0 Å². The van der Waals surface area contributed by atoms with Crippen LogP contribution in [-0.2, 0) is 18.6 Å². The number of rotatable bonds is 6. The van der Waals surface area contributed by atoms with E-state index in [0.29, 0.717) is 6.54 Å². The van der Waals surface area contributed by atoms with E-state index in [2.05, 4.69) is 9.26 Å². The van der Waals surface area contributed by atoms with Crippen LogP contribution >= 0.6 is 7.82 Å². The van der Waals surface area contributed by atoms with Crippen LogP contribution in [0.15, 0.2) is 11.5 Å². The van der Waals surface area contributed by atoms with Crippen molar-refractivity contribution in [3.63, 3.8) is 0 Å². The maximum atomic E-state index is 10.8. The molecule has 0 saturated carbocycles. The Hall–Kier alpha value is -1.20. The molecule has 0 aromatic heterocycles. The van der Waals surface area contributed by atoms with E-state index in [1.807, 2.05) is 0 Å². The second kappa shape index (κ2) is 8.95. The molecule has 2 atom stereocenters. The van der Waals surface area contributed by atoms with Crippen molar-refractivity contribution < 1.29 is 48.8 Å². The molecule has 0 radical (unpaired) electrons. The molecule has 0 bridgehead atoms. The molecule has 0 fully saturated rings. The molecule has 1 heterocycles. The smallest absolute Gasteiger partial charge is 0.499 e. The average Bonchev–Trinajstić information content (AvgIpc) is 2.66. The van der Waals surface area contributed by atoms with Crippen LogP contribution in [0.25, 0.3) is 0 Å². The first kappa shape index (κ1) is 19.8. The molecule has 12 heteroatoms. The lowest BCUT2D eigenvalue weighted by Gasteiger charge is -2.18. The fourth-order valence-corrected chi connectivity index (χ4v) is 1.57. The molecule has 1 rings (SSSR count). The first-order valence-electron chi connectivity index (χ1n) is 5.67. The molecule has 0 amide bonds. The SMILES string of the molecule is NCCCO.O=C1O[C@H]([C@@H](O)CO)C(OP(=O)(O)O)=C1O. The minimum Gasteiger partial charge on any atom is -0.499 e. The molecule has 1 aliphatic rings. The Morgan fingerprint density at radius 3 is 2.29 bits per heavy atom.